The van der Waals surface area contributed by atoms with Gasteiger partial charge in [0.05, 0.1) is 18.6 Å². The number of nitrogens with zero attached hydrogens (tertiary/aromatic N) is 2. The first-order valence-electron chi connectivity index (χ1n) is 8.50. The van der Waals surface area contributed by atoms with Gasteiger partial charge in [-0.15, -0.1) is 0 Å². The van der Waals surface area contributed by atoms with E-state index in [9.17, 15) is 14.0 Å². The third-order valence-electron chi connectivity index (χ3n) is 5.08. The molecule has 2 fully saturated rings. The van der Waals surface area contributed by atoms with Crippen LogP contribution >= 0.6 is 11.6 Å². The van der Waals surface area contributed by atoms with E-state index < -0.39 is 5.82 Å². The lowest BCUT2D eigenvalue weighted by atomic mass is 9.89. The van der Waals surface area contributed by atoms with Crippen molar-refractivity contribution in [3.8, 4) is 0 Å². The maximum atomic E-state index is 13.1. The van der Waals surface area contributed by atoms with Crippen LogP contribution < -0.4 is 0 Å². The molecule has 0 bridgehead atoms. The zero-order valence-corrected chi connectivity index (χ0v) is 15.0. The molecule has 2 aliphatic rings. The molecule has 2 heterocycles. The number of piperidine rings is 1. The molecule has 7 heteroatoms. The highest BCUT2D eigenvalue weighted by atomic mass is 35.5. The second-order valence-corrected chi connectivity index (χ2v) is 7.17. The molecule has 136 valence electrons. The maximum absolute atomic E-state index is 13.1. The van der Waals surface area contributed by atoms with E-state index in [2.05, 4.69) is 0 Å². The predicted octanol–water partition coefficient (Wildman–Crippen LogP) is 2.26. The zero-order chi connectivity index (χ0) is 18.0. The van der Waals surface area contributed by atoms with Gasteiger partial charge in [-0.25, -0.2) is 4.39 Å². The first kappa shape index (κ1) is 18.1. The minimum Gasteiger partial charge on any atom is -0.371 e. The van der Waals surface area contributed by atoms with Gasteiger partial charge in [0, 0.05) is 38.1 Å². The summed E-state index contributed by atoms with van der Waals surface area (Å²) in [4.78, 5) is 27.8. The van der Waals surface area contributed by atoms with Crippen molar-refractivity contribution in [2.45, 2.75) is 31.8 Å². The van der Waals surface area contributed by atoms with Gasteiger partial charge < -0.3 is 14.5 Å². The highest BCUT2D eigenvalue weighted by molar-refractivity contribution is 6.31. The summed E-state index contributed by atoms with van der Waals surface area (Å²) in [6, 6.07) is 4.09. The molecule has 0 saturated carbocycles. The van der Waals surface area contributed by atoms with Gasteiger partial charge in [-0.1, -0.05) is 17.7 Å². The molecule has 0 aromatic heterocycles. The molecule has 2 amide bonds. The van der Waals surface area contributed by atoms with Crippen molar-refractivity contribution >= 4 is 23.4 Å². The number of rotatable bonds is 2. The van der Waals surface area contributed by atoms with Crippen molar-refractivity contribution in [2.24, 2.45) is 0 Å². The van der Waals surface area contributed by atoms with Gasteiger partial charge in [-0.2, -0.15) is 0 Å². The summed E-state index contributed by atoms with van der Waals surface area (Å²) >= 11 is 6.03. The Bertz CT molecular complexity index is 674. The number of morpholine rings is 1. The second-order valence-electron chi connectivity index (χ2n) is 6.77. The minimum absolute atomic E-state index is 0.0369. The van der Waals surface area contributed by atoms with Gasteiger partial charge in [0.1, 0.15) is 5.82 Å². The molecule has 0 N–H and O–H groups in total. The third kappa shape index (κ3) is 4.12. The predicted molar refractivity (Wildman–Crippen MR) is 91.9 cm³/mol. The van der Waals surface area contributed by atoms with Gasteiger partial charge in [0.25, 0.3) is 0 Å². The Balaban J connectivity index is 1.63. The molecule has 1 spiro atoms. The van der Waals surface area contributed by atoms with Crippen LogP contribution in [0.25, 0.3) is 0 Å². The number of halogens is 2. The first-order chi connectivity index (χ1) is 11.9. The normalized spacial score (nSPS) is 20.0. The van der Waals surface area contributed by atoms with Crippen molar-refractivity contribution in [3.63, 3.8) is 0 Å². The van der Waals surface area contributed by atoms with Gasteiger partial charge >= 0.3 is 0 Å². The maximum Gasteiger partial charge on any atom is 0.227 e. The Kier molecular flexibility index (Phi) is 5.29. The van der Waals surface area contributed by atoms with Crippen LogP contribution in [0.5, 0.6) is 0 Å². The first-order valence-corrected chi connectivity index (χ1v) is 8.87. The monoisotopic (exact) mass is 368 g/mol. The molecule has 3 rings (SSSR count). The fourth-order valence-corrected chi connectivity index (χ4v) is 3.76. The Morgan fingerprint density at radius 2 is 1.96 bits per heavy atom. The van der Waals surface area contributed by atoms with Crippen LogP contribution in [-0.4, -0.2) is 60.0 Å². The minimum atomic E-state index is -0.413. The lowest BCUT2D eigenvalue weighted by Crippen LogP contribution is -2.58. The smallest absolute Gasteiger partial charge is 0.227 e. The Hall–Kier alpha value is -1.66. The molecular formula is C18H22ClFN2O3. The molecule has 5 nitrogen and oxygen atoms in total. The van der Waals surface area contributed by atoms with Crippen molar-refractivity contribution in [1.82, 2.24) is 9.80 Å². The van der Waals surface area contributed by atoms with Crippen LogP contribution in [0.4, 0.5) is 4.39 Å². The van der Waals surface area contributed by atoms with Gasteiger partial charge in [-0.3, -0.25) is 9.59 Å². The van der Waals surface area contributed by atoms with E-state index in [0.717, 1.165) is 12.8 Å². The van der Waals surface area contributed by atoms with E-state index in [0.29, 0.717) is 38.3 Å². The Morgan fingerprint density at radius 3 is 2.60 bits per heavy atom. The van der Waals surface area contributed by atoms with Gasteiger partial charge in [-0.05, 0) is 30.5 Å². The summed E-state index contributed by atoms with van der Waals surface area (Å²) in [5.74, 6) is -0.376. The quantitative estimate of drug-likeness (QED) is 0.804. The van der Waals surface area contributed by atoms with E-state index in [1.807, 2.05) is 4.90 Å². The number of hydrogen-bond acceptors (Lipinski definition) is 3. The van der Waals surface area contributed by atoms with Crippen molar-refractivity contribution in [3.05, 3.63) is 34.6 Å². The third-order valence-corrected chi connectivity index (χ3v) is 5.43. The molecular weight excluding hydrogens is 347 g/mol. The molecule has 1 aromatic carbocycles. The molecule has 25 heavy (non-hydrogen) atoms. The average Bonchev–Trinajstić information content (AvgIpc) is 2.58. The number of ether oxygens (including phenoxy) is 1. The Morgan fingerprint density at radius 1 is 1.24 bits per heavy atom. The van der Waals surface area contributed by atoms with E-state index in [1.54, 1.807) is 17.9 Å². The number of amides is 2. The van der Waals surface area contributed by atoms with E-state index in [-0.39, 0.29) is 28.9 Å². The number of benzene rings is 1. The van der Waals surface area contributed by atoms with Crippen LogP contribution in [0.15, 0.2) is 18.2 Å². The van der Waals surface area contributed by atoms with Gasteiger partial charge in [0.2, 0.25) is 11.8 Å². The van der Waals surface area contributed by atoms with Crippen LogP contribution in [0, 0.1) is 5.82 Å². The molecule has 0 unspecified atom stereocenters. The number of likely N-dealkylation sites (tertiary alicyclic amines) is 1. The lowest BCUT2D eigenvalue weighted by Gasteiger charge is -2.47. The lowest BCUT2D eigenvalue weighted by molar-refractivity contribution is -0.162. The highest BCUT2D eigenvalue weighted by Gasteiger charge is 2.41. The largest absolute Gasteiger partial charge is 0.371 e. The van der Waals surface area contributed by atoms with E-state index in [1.165, 1.54) is 12.1 Å². The van der Waals surface area contributed by atoms with Crippen molar-refractivity contribution < 1.29 is 18.7 Å². The summed E-state index contributed by atoms with van der Waals surface area (Å²) in [5.41, 5.74) is 0.256. The fraction of sp³-hybridized carbons (Fsp3) is 0.556. The van der Waals surface area contributed by atoms with Crippen LogP contribution in [0.1, 0.15) is 25.3 Å². The standard InChI is InChI=1S/C18H22ClFN2O3/c1-13(23)21-6-4-18(5-7-21)12-22(8-9-25-18)17(24)10-14-2-3-15(20)11-16(14)19/h2-3,11H,4-10,12H2,1H3. The number of carbonyl (C=O) groups excluding carboxylic acids is 2. The highest BCUT2D eigenvalue weighted by Crippen LogP contribution is 2.30. The average molecular weight is 369 g/mol. The Labute approximate surface area is 151 Å². The number of carbonyl (C=O) groups is 2. The summed E-state index contributed by atoms with van der Waals surface area (Å²) in [6.07, 6.45) is 1.61. The topological polar surface area (TPSA) is 49.9 Å². The summed E-state index contributed by atoms with van der Waals surface area (Å²) in [5, 5.41) is 0.270. The van der Waals surface area contributed by atoms with Crippen LogP contribution in [0.2, 0.25) is 5.02 Å². The second kappa shape index (κ2) is 7.30. The molecule has 0 aliphatic carbocycles. The van der Waals surface area contributed by atoms with Crippen LogP contribution in [0.3, 0.4) is 0 Å². The molecule has 0 atom stereocenters. The summed E-state index contributed by atoms with van der Waals surface area (Å²) < 4.78 is 19.1. The van der Waals surface area contributed by atoms with Gasteiger partial charge in [0.15, 0.2) is 0 Å². The molecule has 0 radical (unpaired) electrons. The molecule has 1 aromatic rings. The molecule has 2 saturated heterocycles. The number of hydrogen-bond donors (Lipinski definition) is 0. The fourth-order valence-electron chi connectivity index (χ4n) is 3.53. The zero-order valence-electron chi connectivity index (χ0n) is 14.3. The van der Waals surface area contributed by atoms with Crippen molar-refractivity contribution in [1.29, 1.82) is 0 Å². The van der Waals surface area contributed by atoms with E-state index in [4.69, 9.17) is 16.3 Å². The van der Waals surface area contributed by atoms with E-state index >= 15 is 0 Å². The molecule has 2 aliphatic heterocycles. The van der Waals surface area contributed by atoms with Crippen LogP contribution in [-0.2, 0) is 20.7 Å². The summed E-state index contributed by atoms with van der Waals surface area (Å²) in [7, 11) is 0. The SMILES string of the molecule is CC(=O)N1CCC2(CC1)CN(C(=O)Cc1ccc(F)cc1Cl)CCO2. The van der Waals surface area contributed by atoms with Crippen molar-refractivity contribution in [2.75, 3.05) is 32.8 Å². The summed E-state index contributed by atoms with van der Waals surface area (Å²) in [6.45, 7) is 4.43.